The number of thioether (sulfide) groups is 1. The maximum absolute atomic E-state index is 13.4. The third-order valence-corrected chi connectivity index (χ3v) is 6.38. The first kappa shape index (κ1) is 18.1. The van der Waals surface area contributed by atoms with Crippen molar-refractivity contribution in [2.45, 2.75) is 49.5 Å². The molecule has 0 radical (unpaired) electrons. The standard InChI is InChI=1S/C23H23NO2S/c25-22-20(17-11-5-3-6-12-17)21(27-19-15-9-4-10-16-19)23(26)24(22)18-13-7-1-2-8-14-18/h3-6,9-12,15-16,18H,1-2,7-8,13-14H2. The second-order valence-corrected chi connectivity index (χ2v) is 8.19. The molecule has 2 amide bonds. The molecule has 1 aliphatic heterocycles. The maximum Gasteiger partial charge on any atom is 0.268 e. The quantitative estimate of drug-likeness (QED) is 0.537. The fraction of sp³-hybridized carbons (Fsp3) is 0.304. The summed E-state index contributed by atoms with van der Waals surface area (Å²) in [4.78, 5) is 29.8. The van der Waals surface area contributed by atoms with Crippen LogP contribution in [-0.2, 0) is 9.59 Å². The molecule has 1 fully saturated rings. The van der Waals surface area contributed by atoms with Gasteiger partial charge in [0.15, 0.2) is 0 Å². The summed E-state index contributed by atoms with van der Waals surface area (Å²) in [5.41, 5.74) is 1.38. The van der Waals surface area contributed by atoms with Gasteiger partial charge in [-0.05, 0) is 30.5 Å². The van der Waals surface area contributed by atoms with Gasteiger partial charge in [0.25, 0.3) is 11.8 Å². The van der Waals surface area contributed by atoms with Crippen molar-refractivity contribution < 1.29 is 9.59 Å². The molecule has 1 heterocycles. The van der Waals surface area contributed by atoms with E-state index in [2.05, 4.69) is 0 Å². The number of imide groups is 1. The molecule has 0 N–H and O–H groups in total. The monoisotopic (exact) mass is 377 g/mol. The lowest BCUT2D eigenvalue weighted by Crippen LogP contribution is -2.40. The van der Waals surface area contributed by atoms with Gasteiger partial charge in [-0.1, -0.05) is 86.0 Å². The van der Waals surface area contributed by atoms with Crippen molar-refractivity contribution in [1.29, 1.82) is 0 Å². The Balaban J connectivity index is 1.73. The topological polar surface area (TPSA) is 37.4 Å². The third-order valence-electron chi connectivity index (χ3n) is 5.29. The fourth-order valence-corrected chi connectivity index (χ4v) is 4.96. The summed E-state index contributed by atoms with van der Waals surface area (Å²) in [6.45, 7) is 0. The van der Waals surface area contributed by atoms with Crippen LogP contribution in [0.2, 0.25) is 0 Å². The summed E-state index contributed by atoms with van der Waals surface area (Å²) < 4.78 is 0. The lowest BCUT2D eigenvalue weighted by molar-refractivity contribution is -0.139. The molecule has 0 aromatic heterocycles. The minimum absolute atomic E-state index is 0.0279. The number of carbonyl (C=O) groups excluding carboxylic acids is 2. The van der Waals surface area contributed by atoms with Gasteiger partial charge in [0.2, 0.25) is 0 Å². The molecule has 3 nitrogen and oxygen atoms in total. The number of amides is 2. The van der Waals surface area contributed by atoms with Crippen molar-refractivity contribution in [1.82, 2.24) is 4.90 Å². The number of benzene rings is 2. The fourth-order valence-electron chi connectivity index (χ4n) is 3.93. The van der Waals surface area contributed by atoms with Crippen molar-refractivity contribution in [2.24, 2.45) is 0 Å². The van der Waals surface area contributed by atoms with Crippen LogP contribution in [0.5, 0.6) is 0 Å². The van der Waals surface area contributed by atoms with Gasteiger partial charge >= 0.3 is 0 Å². The molecule has 138 valence electrons. The van der Waals surface area contributed by atoms with Crippen molar-refractivity contribution in [2.75, 3.05) is 0 Å². The van der Waals surface area contributed by atoms with E-state index in [-0.39, 0.29) is 17.9 Å². The van der Waals surface area contributed by atoms with Gasteiger partial charge in [-0.15, -0.1) is 0 Å². The lowest BCUT2D eigenvalue weighted by Gasteiger charge is -2.25. The predicted octanol–water partition coefficient (Wildman–Crippen LogP) is 5.28. The van der Waals surface area contributed by atoms with Crippen molar-refractivity contribution in [3.05, 3.63) is 71.1 Å². The molecule has 2 aromatic rings. The average Bonchev–Trinajstić information content (AvgIpc) is 2.88. The molecular weight excluding hydrogens is 354 g/mol. The average molecular weight is 378 g/mol. The van der Waals surface area contributed by atoms with Crippen molar-refractivity contribution >= 4 is 29.1 Å². The number of hydrogen-bond acceptors (Lipinski definition) is 3. The van der Waals surface area contributed by atoms with Crippen LogP contribution in [0.3, 0.4) is 0 Å². The van der Waals surface area contributed by atoms with E-state index in [1.54, 1.807) is 4.90 Å². The van der Waals surface area contributed by atoms with Gasteiger partial charge in [0.05, 0.1) is 10.5 Å². The molecule has 1 saturated carbocycles. The lowest BCUT2D eigenvalue weighted by atomic mass is 10.0. The van der Waals surface area contributed by atoms with Crippen LogP contribution in [0, 0.1) is 0 Å². The van der Waals surface area contributed by atoms with E-state index in [1.165, 1.54) is 24.6 Å². The summed E-state index contributed by atoms with van der Waals surface area (Å²) in [5, 5.41) is 0. The Kier molecular flexibility index (Phi) is 5.44. The minimum atomic E-state index is -0.128. The molecule has 0 unspecified atom stereocenters. The Morgan fingerprint density at radius 3 is 1.96 bits per heavy atom. The molecule has 0 saturated heterocycles. The highest BCUT2D eigenvalue weighted by Crippen LogP contribution is 2.41. The van der Waals surface area contributed by atoms with Crippen LogP contribution >= 0.6 is 11.8 Å². The van der Waals surface area contributed by atoms with Crippen LogP contribution in [0.4, 0.5) is 0 Å². The van der Waals surface area contributed by atoms with E-state index in [0.29, 0.717) is 10.5 Å². The predicted molar refractivity (Wildman–Crippen MR) is 109 cm³/mol. The molecule has 27 heavy (non-hydrogen) atoms. The first-order valence-corrected chi connectivity index (χ1v) is 10.5. The first-order valence-electron chi connectivity index (χ1n) is 9.66. The highest BCUT2D eigenvalue weighted by molar-refractivity contribution is 8.04. The van der Waals surface area contributed by atoms with Crippen molar-refractivity contribution in [3.63, 3.8) is 0 Å². The zero-order valence-electron chi connectivity index (χ0n) is 15.3. The van der Waals surface area contributed by atoms with E-state index in [9.17, 15) is 9.59 Å². The Morgan fingerprint density at radius 2 is 1.33 bits per heavy atom. The second-order valence-electron chi connectivity index (χ2n) is 7.11. The largest absolute Gasteiger partial charge is 0.271 e. The Morgan fingerprint density at radius 1 is 0.741 bits per heavy atom. The molecular formula is C23H23NO2S. The normalized spacial score (nSPS) is 18.9. The molecule has 4 heteroatoms. The van der Waals surface area contributed by atoms with E-state index >= 15 is 0 Å². The van der Waals surface area contributed by atoms with E-state index in [1.807, 2.05) is 60.7 Å². The Labute approximate surface area is 164 Å². The summed E-state index contributed by atoms with van der Waals surface area (Å²) in [6.07, 6.45) is 6.40. The minimum Gasteiger partial charge on any atom is -0.271 e. The van der Waals surface area contributed by atoms with Gasteiger partial charge in [0, 0.05) is 10.9 Å². The molecule has 2 aromatic carbocycles. The van der Waals surface area contributed by atoms with Crippen LogP contribution in [-0.4, -0.2) is 22.8 Å². The van der Waals surface area contributed by atoms with Crippen molar-refractivity contribution in [3.8, 4) is 0 Å². The van der Waals surface area contributed by atoms with Crippen LogP contribution in [0.1, 0.15) is 44.1 Å². The molecule has 2 aliphatic rings. The summed E-state index contributed by atoms with van der Waals surface area (Å²) in [5.74, 6) is -0.254. The van der Waals surface area contributed by atoms with Crippen LogP contribution in [0.15, 0.2) is 70.5 Å². The number of nitrogens with zero attached hydrogens (tertiary/aromatic N) is 1. The number of carbonyl (C=O) groups is 2. The zero-order chi connectivity index (χ0) is 18.6. The van der Waals surface area contributed by atoms with E-state index in [0.717, 1.165) is 36.1 Å². The Bertz CT molecular complexity index is 852. The van der Waals surface area contributed by atoms with E-state index in [4.69, 9.17) is 0 Å². The summed E-state index contributed by atoms with van der Waals surface area (Å²) >= 11 is 1.41. The van der Waals surface area contributed by atoms with Gasteiger partial charge in [0.1, 0.15) is 0 Å². The summed E-state index contributed by atoms with van der Waals surface area (Å²) in [7, 11) is 0. The first-order chi connectivity index (χ1) is 13.3. The number of hydrogen-bond donors (Lipinski definition) is 0. The third kappa shape index (κ3) is 3.72. The highest BCUT2D eigenvalue weighted by atomic mass is 32.2. The smallest absolute Gasteiger partial charge is 0.268 e. The SMILES string of the molecule is O=C1C(Sc2ccccc2)=C(c2ccccc2)C(=O)N1C1CCCCCC1. The van der Waals surface area contributed by atoms with Crippen LogP contribution in [0.25, 0.3) is 5.57 Å². The molecule has 1 aliphatic carbocycles. The van der Waals surface area contributed by atoms with E-state index < -0.39 is 0 Å². The molecule has 0 atom stereocenters. The summed E-state index contributed by atoms with van der Waals surface area (Å²) in [6, 6.07) is 19.4. The molecule has 4 rings (SSSR count). The maximum atomic E-state index is 13.4. The van der Waals surface area contributed by atoms with Gasteiger partial charge in [-0.3, -0.25) is 14.5 Å². The van der Waals surface area contributed by atoms with Gasteiger partial charge in [-0.25, -0.2) is 0 Å². The zero-order valence-corrected chi connectivity index (χ0v) is 16.1. The second kappa shape index (κ2) is 8.13. The van der Waals surface area contributed by atoms with Crippen LogP contribution < -0.4 is 0 Å². The van der Waals surface area contributed by atoms with Gasteiger partial charge < -0.3 is 0 Å². The van der Waals surface area contributed by atoms with Gasteiger partial charge in [-0.2, -0.15) is 0 Å². The Hall–Kier alpha value is -2.33. The number of rotatable bonds is 4. The highest BCUT2D eigenvalue weighted by Gasteiger charge is 2.42. The molecule has 0 spiro atoms. The molecule has 0 bridgehead atoms.